The summed E-state index contributed by atoms with van der Waals surface area (Å²) in [7, 11) is 0. The van der Waals surface area contributed by atoms with Gasteiger partial charge < -0.3 is 9.32 Å². The first-order chi connectivity index (χ1) is 13.8. The molecule has 1 saturated heterocycles. The molecule has 0 N–H and O–H groups in total. The van der Waals surface area contributed by atoms with Crippen molar-refractivity contribution < 1.29 is 4.42 Å². The highest BCUT2D eigenvalue weighted by molar-refractivity contribution is 5.94. The fraction of sp³-hybridized carbons (Fsp3) is 0.273. The van der Waals surface area contributed by atoms with Crippen LogP contribution in [0.5, 0.6) is 0 Å². The van der Waals surface area contributed by atoms with Gasteiger partial charge in [0.05, 0.1) is 0 Å². The van der Waals surface area contributed by atoms with E-state index in [4.69, 9.17) is 4.42 Å². The topological polar surface area (TPSA) is 54.5 Å². The number of nitrogens with zero attached hydrogens (tertiary/aromatic N) is 4. The number of piperazine rings is 1. The molecule has 1 fully saturated rings. The first-order valence-corrected chi connectivity index (χ1v) is 9.69. The fourth-order valence-electron chi connectivity index (χ4n) is 4.05. The lowest BCUT2D eigenvalue weighted by Gasteiger charge is -2.36. The summed E-state index contributed by atoms with van der Waals surface area (Å²) >= 11 is 0. The van der Waals surface area contributed by atoms with E-state index < -0.39 is 0 Å². The summed E-state index contributed by atoms with van der Waals surface area (Å²) in [6.45, 7) is 5.36. The number of rotatable bonds is 4. The first kappa shape index (κ1) is 17.0. The summed E-state index contributed by atoms with van der Waals surface area (Å²) in [5, 5.41) is 2.59. The molecule has 2 aromatic carbocycles. The van der Waals surface area contributed by atoms with E-state index in [2.05, 4.69) is 57.2 Å². The predicted octanol–water partition coefficient (Wildman–Crippen LogP) is 2.96. The van der Waals surface area contributed by atoms with Crippen LogP contribution in [0.25, 0.3) is 22.0 Å². The molecule has 0 amide bonds. The van der Waals surface area contributed by atoms with E-state index in [9.17, 15) is 4.79 Å². The predicted molar refractivity (Wildman–Crippen MR) is 111 cm³/mol. The molecule has 0 bridgehead atoms. The molecule has 6 nitrogen and oxygen atoms in total. The molecule has 0 atom stereocenters. The number of oxazole rings is 1. The summed E-state index contributed by atoms with van der Waals surface area (Å²) in [6, 6.07) is 18.8. The summed E-state index contributed by atoms with van der Waals surface area (Å²) in [5.74, 6) is -0.330. The zero-order chi connectivity index (χ0) is 18.9. The van der Waals surface area contributed by atoms with Gasteiger partial charge in [0, 0.05) is 56.5 Å². The highest BCUT2D eigenvalue weighted by atomic mass is 16.4. The Morgan fingerprint density at radius 3 is 2.61 bits per heavy atom. The monoisotopic (exact) mass is 374 g/mol. The molecule has 3 heterocycles. The van der Waals surface area contributed by atoms with Crippen molar-refractivity contribution in [1.29, 1.82) is 0 Å². The van der Waals surface area contributed by atoms with Crippen molar-refractivity contribution in [2.75, 3.05) is 37.6 Å². The standard InChI is InChI=1S/C22H22N4O2/c27-22-26(20-9-4-10-23-21(20)28-22)16-13-24-11-14-25(15-12-24)19-8-3-6-17-5-1-2-7-18(17)19/h1-10H,11-16H2. The van der Waals surface area contributed by atoms with Crippen molar-refractivity contribution in [3.63, 3.8) is 0 Å². The van der Waals surface area contributed by atoms with Crippen molar-refractivity contribution in [2.45, 2.75) is 6.54 Å². The van der Waals surface area contributed by atoms with Crippen molar-refractivity contribution in [3.05, 3.63) is 71.3 Å². The Morgan fingerprint density at radius 1 is 0.893 bits per heavy atom. The van der Waals surface area contributed by atoms with Crippen LogP contribution in [-0.4, -0.2) is 47.2 Å². The van der Waals surface area contributed by atoms with Gasteiger partial charge >= 0.3 is 5.76 Å². The molecule has 0 unspecified atom stereocenters. The maximum atomic E-state index is 12.1. The average Bonchev–Trinajstić information content (AvgIpc) is 3.07. The molecule has 28 heavy (non-hydrogen) atoms. The molecule has 1 aliphatic rings. The van der Waals surface area contributed by atoms with E-state index in [1.807, 2.05) is 12.1 Å². The van der Waals surface area contributed by atoms with Crippen LogP contribution in [0.15, 0.2) is 70.0 Å². The molecule has 0 spiro atoms. The minimum atomic E-state index is -0.330. The Bertz CT molecular complexity index is 1170. The van der Waals surface area contributed by atoms with Crippen LogP contribution >= 0.6 is 0 Å². The second-order valence-electron chi connectivity index (χ2n) is 7.17. The van der Waals surface area contributed by atoms with E-state index in [1.165, 1.54) is 16.5 Å². The smallest absolute Gasteiger partial charge is 0.389 e. The zero-order valence-electron chi connectivity index (χ0n) is 15.6. The average molecular weight is 374 g/mol. The Morgan fingerprint density at radius 2 is 1.71 bits per heavy atom. The SMILES string of the molecule is O=c1oc2ncccc2n1CCN1CCN(c2cccc3ccccc23)CC1. The quantitative estimate of drug-likeness (QED) is 0.550. The van der Waals surface area contributed by atoms with Crippen LogP contribution < -0.4 is 10.7 Å². The van der Waals surface area contributed by atoms with Crippen LogP contribution in [-0.2, 0) is 6.54 Å². The number of anilines is 1. The lowest BCUT2D eigenvalue weighted by molar-refractivity contribution is 0.246. The van der Waals surface area contributed by atoms with Gasteiger partial charge in [-0.1, -0.05) is 36.4 Å². The first-order valence-electron chi connectivity index (χ1n) is 9.69. The lowest BCUT2D eigenvalue weighted by atomic mass is 10.1. The fourth-order valence-corrected chi connectivity index (χ4v) is 4.05. The number of benzene rings is 2. The Labute approximate surface area is 162 Å². The molecule has 5 rings (SSSR count). The maximum absolute atomic E-state index is 12.1. The summed E-state index contributed by atoms with van der Waals surface area (Å²) in [6.07, 6.45) is 1.64. The molecule has 142 valence electrons. The van der Waals surface area contributed by atoms with E-state index in [0.29, 0.717) is 12.3 Å². The second-order valence-corrected chi connectivity index (χ2v) is 7.17. The van der Waals surface area contributed by atoms with Gasteiger partial charge in [0.15, 0.2) is 0 Å². The second kappa shape index (κ2) is 7.13. The van der Waals surface area contributed by atoms with Crippen LogP contribution in [0.1, 0.15) is 0 Å². The van der Waals surface area contributed by atoms with Crippen LogP contribution in [0.3, 0.4) is 0 Å². The van der Waals surface area contributed by atoms with E-state index >= 15 is 0 Å². The van der Waals surface area contributed by atoms with Crippen molar-refractivity contribution in [3.8, 4) is 0 Å². The molecule has 0 aliphatic carbocycles. The van der Waals surface area contributed by atoms with Gasteiger partial charge in [0.25, 0.3) is 0 Å². The van der Waals surface area contributed by atoms with Crippen molar-refractivity contribution in [2.24, 2.45) is 0 Å². The van der Waals surface area contributed by atoms with Crippen molar-refractivity contribution >= 4 is 27.7 Å². The van der Waals surface area contributed by atoms with Gasteiger partial charge in [0.2, 0.25) is 5.71 Å². The summed E-state index contributed by atoms with van der Waals surface area (Å²) < 4.78 is 6.90. The largest absolute Gasteiger partial charge is 0.421 e. The van der Waals surface area contributed by atoms with Gasteiger partial charge in [-0.2, -0.15) is 0 Å². The van der Waals surface area contributed by atoms with Gasteiger partial charge in [-0.3, -0.25) is 9.47 Å². The number of aromatic nitrogens is 2. The molecule has 0 saturated carbocycles. The van der Waals surface area contributed by atoms with Crippen LogP contribution in [0.2, 0.25) is 0 Å². The lowest BCUT2D eigenvalue weighted by Crippen LogP contribution is -2.47. The van der Waals surface area contributed by atoms with Crippen LogP contribution in [0.4, 0.5) is 5.69 Å². The number of hydrogen-bond donors (Lipinski definition) is 0. The van der Waals surface area contributed by atoms with E-state index in [1.54, 1.807) is 10.8 Å². The molecule has 1 aliphatic heterocycles. The highest BCUT2D eigenvalue weighted by Gasteiger charge is 2.19. The van der Waals surface area contributed by atoms with Gasteiger partial charge in [-0.15, -0.1) is 0 Å². The van der Waals surface area contributed by atoms with Gasteiger partial charge in [-0.05, 0) is 23.6 Å². The van der Waals surface area contributed by atoms with Crippen LogP contribution in [0, 0.1) is 0 Å². The number of pyridine rings is 1. The van der Waals surface area contributed by atoms with Crippen molar-refractivity contribution in [1.82, 2.24) is 14.5 Å². The minimum Gasteiger partial charge on any atom is -0.389 e. The normalized spacial score (nSPS) is 15.5. The van der Waals surface area contributed by atoms with Gasteiger partial charge in [0.1, 0.15) is 5.52 Å². The Kier molecular flexibility index (Phi) is 4.33. The molecular weight excluding hydrogens is 352 g/mol. The Hall–Kier alpha value is -3.12. The molecular formula is C22H22N4O2. The third kappa shape index (κ3) is 3.05. The minimum absolute atomic E-state index is 0.330. The third-order valence-electron chi connectivity index (χ3n) is 5.57. The van der Waals surface area contributed by atoms with E-state index in [-0.39, 0.29) is 5.76 Å². The maximum Gasteiger partial charge on any atom is 0.421 e. The molecule has 0 radical (unpaired) electrons. The number of hydrogen-bond acceptors (Lipinski definition) is 5. The summed E-state index contributed by atoms with van der Waals surface area (Å²) in [4.78, 5) is 21.1. The Balaban J connectivity index is 1.26. The zero-order valence-corrected chi connectivity index (χ0v) is 15.6. The molecule has 6 heteroatoms. The molecule has 2 aromatic heterocycles. The third-order valence-corrected chi connectivity index (χ3v) is 5.57. The highest BCUT2D eigenvalue weighted by Crippen LogP contribution is 2.27. The molecule has 4 aromatic rings. The van der Waals surface area contributed by atoms with Gasteiger partial charge in [-0.25, -0.2) is 9.78 Å². The summed E-state index contributed by atoms with van der Waals surface area (Å²) in [5.41, 5.74) is 2.48. The van der Waals surface area contributed by atoms with E-state index in [0.717, 1.165) is 38.2 Å². The number of fused-ring (bicyclic) bond motifs is 2.